The smallest absolute Gasteiger partial charge is 0.256 e. The molecule has 7 heteroatoms. The Hall–Kier alpha value is -3.32. The third-order valence-corrected chi connectivity index (χ3v) is 7.58. The molecule has 3 aromatic carbocycles. The normalized spacial score (nSPS) is 14.2. The van der Waals surface area contributed by atoms with Crippen LogP contribution in [0.25, 0.3) is 0 Å². The molecule has 0 bridgehead atoms. The molecule has 0 radical (unpaired) electrons. The molecule has 0 unspecified atom stereocenters. The van der Waals surface area contributed by atoms with E-state index in [1.54, 1.807) is 24.3 Å². The van der Waals surface area contributed by atoms with Crippen molar-refractivity contribution < 1.29 is 13.2 Å². The Morgan fingerprint density at radius 3 is 2.18 bits per heavy atom. The number of rotatable bonds is 6. The van der Waals surface area contributed by atoms with Gasteiger partial charge in [-0.25, -0.2) is 8.42 Å². The second-order valence-electron chi connectivity index (χ2n) is 8.77. The molecular weight excluding hydrogens is 446 g/mol. The molecule has 0 saturated carbocycles. The Morgan fingerprint density at radius 1 is 0.853 bits per heavy atom. The van der Waals surface area contributed by atoms with Crippen LogP contribution in [-0.2, 0) is 16.6 Å². The number of anilines is 2. The molecule has 1 fully saturated rings. The lowest BCUT2D eigenvalue weighted by Gasteiger charge is -2.37. The number of carbonyl (C=O) groups is 1. The summed E-state index contributed by atoms with van der Waals surface area (Å²) >= 11 is 0. The highest BCUT2D eigenvalue weighted by atomic mass is 32.2. The van der Waals surface area contributed by atoms with Crippen LogP contribution in [0, 0.1) is 13.8 Å². The SMILES string of the molecule is Cc1cccc(N2CCN(C(=O)c3ccccc3N(Cc3ccccc3)S(C)(=O)=O)CC2)c1C. The van der Waals surface area contributed by atoms with Gasteiger partial charge in [0.2, 0.25) is 10.0 Å². The van der Waals surface area contributed by atoms with E-state index in [0.29, 0.717) is 24.3 Å². The quantitative estimate of drug-likeness (QED) is 0.533. The number of para-hydroxylation sites is 1. The van der Waals surface area contributed by atoms with Crippen molar-refractivity contribution in [2.24, 2.45) is 0 Å². The number of hydrogen-bond acceptors (Lipinski definition) is 4. The molecule has 0 aliphatic carbocycles. The highest BCUT2D eigenvalue weighted by molar-refractivity contribution is 7.92. The maximum absolute atomic E-state index is 13.6. The number of hydrogen-bond donors (Lipinski definition) is 0. The van der Waals surface area contributed by atoms with Crippen molar-refractivity contribution in [3.8, 4) is 0 Å². The number of nitrogens with zero attached hydrogens (tertiary/aromatic N) is 3. The Morgan fingerprint density at radius 2 is 1.50 bits per heavy atom. The summed E-state index contributed by atoms with van der Waals surface area (Å²) < 4.78 is 26.8. The summed E-state index contributed by atoms with van der Waals surface area (Å²) in [5, 5.41) is 0. The van der Waals surface area contributed by atoms with E-state index in [1.807, 2.05) is 35.2 Å². The van der Waals surface area contributed by atoms with Crippen molar-refractivity contribution in [3.63, 3.8) is 0 Å². The average Bonchev–Trinajstić information content (AvgIpc) is 2.84. The Kier molecular flexibility index (Phi) is 6.93. The maximum Gasteiger partial charge on any atom is 0.256 e. The van der Waals surface area contributed by atoms with Crippen LogP contribution in [-0.4, -0.2) is 51.7 Å². The van der Waals surface area contributed by atoms with Crippen LogP contribution in [0.5, 0.6) is 0 Å². The summed E-state index contributed by atoms with van der Waals surface area (Å²) in [6.07, 6.45) is 1.18. The van der Waals surface area contributed by atoms with E-state index in [2.05, 4.69) is 36.9 Å². The van der Waals surface area contributed by atoms with Gasteiger partial charge in [-0.15, -0.1) is 0 Å². The zero-order valence-electron chi connectivity index (χ0n) is 19.9. The molecular formula is C27H31N3O3S. The Labute approximate surface area is 202 Å². The fourth-order valence-corrected chi connectivity index (χ4v) is 5.30. The van der Waals surface area contributed by atoms with Gasteiger partial charge in [-0.2, -0.15) is 0 Å². The second kappa shape index (κ2) is 9.89. The molecule has 4 rings (SSSR count). The lowest BCUT2D eigenvalue weighted by Crippen LogP contribution is -2.49. The van der Waals surface area contributed by atoms with Crippen LogP contribution < -0.4 is 9.21 Å². The van der Waals surface area contributed by atoms with Crippen molar-refractivity contribution >= 4 is 27.3 Å². The van der Waals surface area contributed by atoms with E-state index in [1.165, 1.54) is 27.4 Å². The summed E-state index contributed by atoms with van der Waals surface area (Å²) in [7, 11) is -3.60. The van der Waals surface area contributed by atoms with Gasteiger partial charge in [-0.3, -0.25) is 9.10 Å². The Balaban J connectivity index is 1.56. The van der Waals surface area contributed by atoms with Gasteiger partial charge in [-0.1, -0.05) is 54.6 Å². The van der Waals surface area contributed by atoms with E-state index in [-0.39, 0.29) is 12.5 Å². The van der Waals surface area contributed by atoms with Gasteiger partial charge < -0.3 is 9.80 Å². The van der Waals surface area contributed by atoms with E-state index < -0.39 is 10.0 Å². The minimum absolute atomic E-state index is 0.141. The largest absolute Gasteiger partial charge is 0.368 e. The molecule has 1 amide bonds. The zero-order chi connectivity index (χ0) is 24.3. The van der Waals surface area contributed by atoms with Gasteiger partial charge in [0.05, 0.1) is 24.1 Å². The Bertz CT molecular complexity index is 1270. The molecule has 3 aromatic rings. The highest BCUT2D eigenvalue weighted by Gasteiger charge is 2.28. The molecule has 6 nitrogen and oxygen atoms in total. The van der Waals surface area contributed by atoms with Gasteiger partial charge in [0.25, 0.3) is 5.91 Å². The third-order valence-electron chi connectivity index (χ3n) is 6.46. The summed E-state index contributed by atoms with van der Waals surface area (Å²) in [4.78, 5) is 17.7. The van der Waals surface area contributed by atoms with Crippen LogP contribution >= 0.6 is 0 Å². The monoisotopic (exact) mass is 477 g/mol. The lowest BCUT2D eigenvalue weighted by atomic mass is 10.1. The summed E-state index contributed by atoms with van der Waals surface area (Å²) in [5.41, 5.74) is 5.40. The number of sulfonamides is 1. The number of benzene rings is 3. The van der Waals surface area contributed by atoms with Crippen LogP contribution in [0.15, 0.2) is 72.8 Å². The minimum Gasteiger partial charge on any atom is -0.368 e. The molecule has 0 N–H and O–H groups in total. The first-order valence-corrected chi connectivity index (χ1v) is 13.3. The zero-order valence-corrected chi connectivity index (χ0v) is 20.8. The van der Waals surface area contributed by atoms with E-state index in [4.69, 9.17) is 0 Å². The van der Waals surface area contributed by atoms with Crippen molar-refractivity contribution in [3.05, 3.63) is 95.1 Å². The molecule has 34 heavy (non-hydrogen) atoms. The van der Waals surface area contributed by atoms with Crippen LogP contribution in [0.4, 0.5) is 11.4 Å². The van der Waals surface area contributed by atoms with Crippen LogP contribution in [0.2, 0.25) is 0 Å². The number of aryl methyl sites for hydroxylation is 1. The van der Waals surface area contributed by atoms with Gasteiger partial charge >= 0.3 is 0 Å². The predicted octanol–water partition coefficient (Wildman–Crippen LogP) is 4.23. The van der Waals surface area contributed by atoms with Gasteiger partial charge in [0, 0.05) is 31.9 Å². The molecule has 0 atom stereocenters. The van der Waals surface area contributed by atoms with Crippen LogP contribution in [0.3, 0.4) is 0 Å². The predicted molar refractivity (Wildman–Crippen MR) is 138 cm³/mol. The fourth-order valence-electron chi connectivity index (χ4n) is 4.40. The van der Waals surface area contributed by atoms with E-state index >= 15 is 0 Å². The van der Waals surface area contributed by atoms with E-state index in [0.717, 1.165) is 18.7 Å². The number of carbonyl (C=O) groups excluding carboxylic acids is 1. The molecule has 1 aliphatic rings. The van der Waals surface area contributed by atoms with Crippen LogP contribution in [0.1, 0.15) is 27.0 Å². The van der Waals surface area contributed by atoms with Gasteiger partial charge in [0.15, 0.2) is 0 Å². The fraction of sp³-hybridized carbons (Fsp3) is 0.296. The second-order valence-corrected chi connectivity index (χ2v) is 10.7. The van der Waals surface area contributed by atoms with Gasteiger partial charge in [0.1, 0.15) is 0 Å². The summed E-state index contributed by atoms with van der Waals surface area (Å²) in [6.45, 7) is 7.04. The van der Waals surface area contributed by atoms with Crippen molar-refractivity contribution in [1.29, 1.82) is 0 Å². The minimum atomic E-state index is -3.60. The van der Waals surface area contributed by atoms with Crippen molar-refractivity contribution in [1.82, 2.24) is 4.90 Å². The molecule has 0 aromatic heterocycles. The first kappa shape index (κ1) is 23.8. The first-order valence-electron chi connectivity index (χ1n) is 11.5. The standard InChI is InChI=1S/C27H31N3O3S/c1-21-10-9-15-25(22(21)2)28-16-18-29(19-17-28)27(31)24-13-7-8-14-26(24)30(34(3,32)33)20-23-11-5-4-6-12-23/h4-15H,16-20H2,1-3H3. The first-order chi connectivity index (χ1) is 16.3. The number of piperazine rings is 1. The van der Waals surface area contributed by atoms with Gasteiger partial charge in [-0.05, 0) is 48.7 Å². The summed E-state index contributed by atoms with van der Waals surface area (Å²) in [5.74, 6) is -0.141. The maximum atomic E-state index is 13.6. The lowest BCUT2D eigenvalue weighted by molar-refractivity contribution is 0.0747. The third kappa shape index (κ3) is 5.09. The molecule has 1 heterocycles. The molecule has 178 valence electrons. The highest BCUT2D eigenvalue weighted by Crippen LogP contribution is 2.28. The molecule has 1 saturated heterocycles. The van der Waals surface area contributed by atoms with Crippen molar-refractivity contribution in [2.45, 2.75) is 20.4 Å². The average molecular weight is 478 g/mol. The van der Waals surface area contributed by atoms with E-state index in [9.17, 15) is 13.2 Å². The molecule has 0 spiro atoms. The molecule has 1 aliphatic heterocycles. The summed E-state index contributed by atoms with van der Waals surface area (Å²) in [6, 6.07) is 22.7. The topological polar surface area (TPSA) is 60.9 Å². The number of amides is 1. The van der Waals surface area contributed by atoms with Crippen molar-refractivity contribution in [2.75, 3.05) is 41.6 Å².